The highest BCUT2D eigenvalue weighted by atomic mass is 35.7. The zero-order chi connectivity index (χ0) is 10.9. The molecule has 1 rings (SSSR count). The fourth-order valence-electron chi connectivity index (χ4n) is 0.983. The molecule has 1 unspecified atom stereocenters. The quantitative estimate of drug-likeness (QED) is 0.763. The Labute approximate surface area is 91.1 Å². The van der Waals surface area contributed by atoms with Gasteiger partial charge in [-0.15, -0.1) is 0 Å². The average Bonchev–Trinajstić information content (AvgIpc) is 2.01. The number of halogens is 3. The Balaban J connectivity index is 3.21. The van der Waals surface area contributed by atoms with E-state index in [2.05, 4.69) is 0 Å². The standard InChI is InChI=1S/C8H7Cl2FO2S/c1-5(14(10,12)13)7-3-2-6(11)4-8(7)9/h2-5H,1H3. The van der Waals surface area contributed by atoms with Crippen LogP contribution in [0.25, 0.3) is 0 Å². The molecule has 0 aliphatic rings. The highest BCUT2D eigenvalue weighted by Gasteiger charge is 2.22. The van der Waals surface area contributed by atoms with Crippen LogP contribution in [-0.4, -0.2) is 8.42 Å². The molecule has 0 saturated carbocycles. The van der Waals surface area contributed by atoms with Gasteiger partial charge in [0, 0.05) is 15.7 Å². The normalized spacial score (nSPS) is 14.0. The summed E-state index contributed by atoms with van der Waals surface area (Å²) >= 11 is 5.67. The molecular formula is C8H7Cl2FO2S. The highest BCUT2D eigenvalue weighted by Crippen LogP contribution is 2.30. The van der Waals surface area contributed by atoms with Gasteiger partial charge in [0.2, 0.25) is 9.05 Å². The van der Waals surface area contributed by atoms with Crippen LogP contribution in [0, 0.1) is 5.82 Å². The van der Waals surface area contributed by atoms with Gasteiger partial charge >= 0.3 is 0 Å². The maximum Gasteiger partial charge on any atom is 0.239 e. The van der Waals surface area contributed by atoms with Gasteiger partial charge in [0.15, 0.2) is 0 Å². The fourth-order valence-corrected chi connectivity index (χ4v) is 2.18. The van der Waals surface area contributed by atoms with Crippen molar-refractivity contribution in [3.8, 4) is 0 Å². The summed E-state index contributed by atoms with van der Waals surface area (Å²) in [6.07, 6.45) is 0. The maximum atomic E-state index is 12.6. The number of rotatable bonds is 2. The Hall–Kier alpha value is -0.320. The van der Waals surface area contributed by atoms with Gasteiger partial charge in [0.25, 0.3) is 0 Å². The van der Waals surface area contributed by atoms with Crippen molar-refractivity contribution >= 4 is 31.3 Å². The van der Waals surface area contributed by atoms with Crippen molar-refractivity contribution in [1.82, 2.24) is 0 Å². The summed E-state index contributed by atoms with van der Waals surface area (Å²) in [4.78, 5) is 0. The molecule has 1 aromatic carbocycles. The lowest BCUT2D eigenvalue weighted by molar-refractivity contribution is 0.599. The molecule has 0 aliphatic heterocycles. The molecular weight excluding hydrogens is 250 g/mol. The van der Waals surface area contributed by atoms with Gasteiger partial charge in [-0.3, -0.25) is 0 Å². The third-order valence-electron chi connectivity index (χ3n) is 1.82. The summed E-state index contributed by atoms with van der Waals surface area (Å²) in [5.41, 5.74) is 0.295. The smallest absolute Gasteiger partial charge is 0.212 e. The van der Waals surface area contributed by atoms with Crippen LogP contribution in [0.15, 0.2) is 18.2 Å². The number of hydrogen-bond acceptors (Lipinski definition) is 2. The molecule has 0 N–H and O–H groups in total. The lowest BCUT2D eigenvalue weighted by Gasteiger charge is -2.09. The van der Waals surface area contributed by atoms with E-state index in [4.69, 9.17) is 22.3 Å². The molecule has 1 atom stereocenters. The van der Waals surface area contributed by atoms with Gasteiger partial charge in [-0.1, -0.05) is 17.7 Å². The van der Waals surface area contributed by atoms with Crippen LogP contribution in [0.1, 0.15) is 17.7 Å². The SMILES string of the molecule is CC(c1ccc(F)cc1Cl)S(=O)(=O)Cl. The average molecular weight is 257 g/mol. The summed E-state index contributed by atoms with van der Waals surface area (Å²) in [6.45, 7) is 1.39. The van der Waals surface area contributed by atoms with Gasteiger partial charge in [0.1, 0.15) is 5.82 Å². The third kappa shape index (κ3) is 2.59. The summed E-state index contributed by atoms with van der Waals surface area (Å²) < 4.78 is 34.6. The molecule has 0 heterocycles. The predicted molar refractivity (Wildman–Crippen MR) is 54.6 cm³/mol. The van der Waals surface area contributed by atoms with E-state index in [1.807, 2.05) is 0 Å². The van der Waals surface area contributed by atoms with Crippen molar-refractivity contribution in [2.75, 3.05) is 0 Å². The second-order valence-electron chi connectivity index (χ2n) is 2.78. The van der Waals surface area contributed by atoms with Crippen molar-refractivity contribution in [1.29, 1.82) is 0 Å². The van der Waals surface area contributed by atoms with E-state index in [0.717, 1.165) is 12.1 Å². The first-order valence-electron chi connectivity index (χ1n) is 3.71. The van der Waals surface area contributed by atoms with Crippen molar-refractivity contribution in [3.63, 3.8) is 0 Å². The van der Waals surface area contributed by atoms with Gasteiger partial charge < -0.3 is 0 Å². The molecule has 0 saturated heterocycles. The molecule has 6 heteroatoms. The van der Waals surface area contributed by atoms with Gasteiger partial charge in [-0.2, -0.15) is 0 Å². The molecule has 0 fully saturated rings. The summed E-state index contributed by atoms with van der Waals surface area (Å²) in [7, 11) is 1.42. The minimum Gasteiger partial charge on any atom is -0.212 e. The van der Waals surface area contributed by atoms with Crippen molar-refractivity contribution in [3.05, 3.63) is 34.6 Å². The van der Waals surface area contributed by atoms with E-state index in [-0.39, 0.29) is 5.02 Å². The van der Waals surface area contributed by atoms with E-state index in [1.165, 1.54) is 13.0 Å². The molecule has 2 nitrogen and oxygen atoms in total. The predicted octanol–water partition coefficient (Wildman–Crippen LogP) is 3.11. The minimum atomic E-state index is -3.73. The molecule has 14 heavy (non-hydrogen) atoms. The van der Waals surface area contributed by atoms with E-state index in [1.54, 1.807) is 0 Å². The van der Waals surface area contributed by atoms with E-state index < -0.39 is 20.1 Å². The van der Waals surface area contributed by atoms with Crippen LogP contribution in [-0.2, 0) is 9.05 Å². The van der Waals surface area contributed by atoms with Crippen LogP contribution in [0.2, 0.25) is 5.02 Å². The van der Waals surface area contributed by atoms with Crippen molar-refractivity contribution < 1.29 is 12.8 Å². The van der Waals surface area contributed by atoms with Gasteiger partial charge in [-0.25, -0.2) is 12.8 Å². The lowest BCUT2D eigenvalue weighted by atomic mass is 10.2. The Morgan fingerprint density at radius 3 is 2.43 bits per heavy atom. The summed E-state index contributed by atoms with van der Waals surface area (Å²) in [5.74, 6) is -0.516. The van der Waals surface area contributed by atoms with E-state index >= 15 is 0 Å². The third-order valence-corrected chi connectivity index (χ3v) is 4.05. The summed E-state index contributed by atoms with van der Waals surface area (Å²) in [5, 5.41) is -0.890. The van der Waals surface area contributed by atoms with Crippen LogP contribution in [0.3, 0.4) is 0 Å². The zero-order valence-corrected chi connectivity index (χ0v) is 9.50. The van der Waals surface area contributed by atoms with Gasteiger partial charge in [0.05, 0.1) is 5.25 Å². The number of benzene rings is 1. The highest BCUT2D eigenvalue weighted by molar-refractivity contribution is 8.13. The molecule has 0 aromatic heterocycles. The van der Waals surface area contributed by atoms with E-state index in [0.29, 0.717) is 5.56 Å². The Kier molecular flexibility index (Phi) is 3.40. The summed E-state index contributed by atoms with van der Waals surface area (Å²) in [6, 6.07) is 3.50. The monoisotopic (exact) mass is 256 g/mol. The van der Waals surface area contributed by atoms with E-state index in [9.17, 15) is 12.8 Å². The molecule has 0 spiro atoms. The Morgan fingerprint density at radius 2 is 2.00 bits per heavy atom. The molecule has 0 bridgehead atoms. The van der Waals surface area contributed by atoms with Crippen molar-refractivity contribution in [2.24, 2.45) is 0 Å². The number of hydrogen-bond donors (Lipinski definition) is 0. The Bertz CT molecular complexity index is 445. The second-order valence-corrected chi connectivity index (χ2v) is 6.14. The first-order chi connectivity index (χ1) is 6.32. The van der Waals surface area contributed by atoms with Crippen LogP contribution in [0.4, 0.5) is 4.39 Å². The second kappa shape index (κ2) is 4.04. The van der Waals surface area contributed by atoms with Crippen molar-refractivity contribution in [2.45, 2.75) is 12.2 Å². The largest absolute Gasteiger partial charge is 0.239 e. The van der Waals surface area contributed by atoms with Crippen LogP contribution in [0.5, 0.6) is 0 Å². The molecule has 0 radical (unpaired) electrons. The topological polar surface area (TPSA) is 34.1 Å². The molecule has 78 valence electrons. The molecule has 0 amide bonds. The van der Waals surface area contributed by atoms with Gasteiger partial charge in [-0.05, 0) is 24.6 Å². The van der Waals surface area contributed by atoms with Crippen LogP contribution >= 0.6 is 22.3 Å². The molecule has 0 aliphatic carbocycles. The minimum absolute atomic E-state index is 0.0572. The fraction of sp³-hybridized carbons (Fsp3) is 0.250. The molecule has 1 aromatic rings. The Morgan fingerprint density at radius 1 is 1.43 bits per heavy atom. The lowest BCUT2D eigenvalue weighted by Crippen LogP contribution is -2.03. The first kappa shape index (κ1) is 11.8. The van der Waals surface area contributed by atoms with Crippen LogP contribution < -0.4 is 0 Å². The zero-order valence-electron chi connectivity index (χ0n) is 7.17. The maximum absolute atomic E-state index is 12.6. The first-order valence-corrected chi connectivity index (χ1v) is 6.46.